The second-order valence-electron chi connectivity index (χ2n) is 6.33. The first-order chi connectivity index (χ1) is 13.7. The number of aromatic nitrogens is 2. The number of hydrogen-bond acceptors (Lipinski definition) is 2. The third-order valence-electron chi connectivity index (χ3n) is 4.43. The molecule has 4 heteroatoms. The predicted molar refractivity (Wildman–Crippen MR) is 111 cm³/mol. The van der Waals surface area contributed by atoms with Crippen molar-refractivity contribution in [2.75, 3.05) is 0 Å². The average Bonchev–Trinajstić information content (AvgIpc) is 3.18. The molecule has 0 aliphatic carbocycles. The lowest BCUT2D eigenvalue weighted by Crippen LogP contribution is -1.94. The molecule has 0 aliphatic rings. The molecule has 3 aromatic carbocycles. The van der Waals surface area contributed by atoms with Gasteiger partial charge in [-0.2, -0.15) is 5.10 Å². The quantitative estimate of drug-likeness (QED) is 0.487. The fourth-order valence-corrected chi connectivity index (χ4v) is 3.06. The van der Waals surface area contributed by atoms with Crippen molar-refractivity contribution >= 4 is 12.0 Å². The minimum atomic E-state index is -0.988. The van der Waals surface area contributed by atoms with E-state index in [4.69, 9.17) is 10.2 Å². The Labute approximate surface area is 163 Å². The summed E-state index contributed by atoms with van der Waals surface area (Å²) < 4.78 is 1.77. The van der Waals surface area contributed by atoms with Crippen LogP contribution in [-0.2, 0) is 4.79 Å². The molecule has 1 N–H and O–H groups in total. The highest BCUT2D eigenvalue weighted by Crippen LogP contribution is 2.28. The minimum absolute atomic E-state index is 0.737. The van der Waals surface area contributed by atoms with Crippen molar-refractivity contribution in [2.24, 2.45) is 0 Å². The Kier molecular flexibility index (Phi) is 4.85. The average molecular weight is 366 g/mol. The summed E-state index contributed by atoms with van der Waals surface area (Å²) in [7, 11) is 0. The normalized spacial score (nSPS) is 11.0. The number of nitrogens with zero attached hydrogens (tertiary/aromatic N) is 2. The maximum atomic E-state index is 11.0. The number of rotatable bonds is 5. The molecule has 0 saturated carbocycles. The summed E-state index contributed by atoms with van der Waals surface area (Å²) >= 11 is 0. The third kappa shape index (κ3) is 3.76. The zero-order chi connectivity index (χ0) is 19.3. The third-order valence-corrected chi connectivity index (χ3v) is 4.43. The number of hydrogen-bond donors (Lipinski definition) is 1. The van der Waals surface area contributed by atoms with E-state index in [9.17, 15) is 4.79 Å². The van der Waals surface area contributed by atoms with Crippen LogP contribution in [0.2, 0.25) is 0 Å². The molecule has 0 amide bonds. The lowest BCUT2D eigenvalue weighted by molar-refractivity contribution is -0.131. The molecule has 0 spiro atoms. The van der Waals surface area contributed by atoms with E-state index >= 15 is 0 Å². The fraction of sp³-hybridized carbons (Fsp3) is 0. The Balaban J connectivity index is 1.75. The first-order valence-corrected chi connectivity index (χ1v) is 8.93. The van der Waals surface area contributed by atoms with Crippen molar-refractivity contribution in [2.45, 2.75) is 0 Å². The van der Waals surface area contributed by atoms with Gasteiger partial charge in [-0.25, -0.2) is 9.48 Å². The highest BCUT2D eigenvalue weighted by atomic mass is 16.4. The molecule has 0 radical (unpaired) electrons. The summed E-state index contributed by atoms with van der Waals surface area (Å²) in [6.45, 7) is 0. The van der Waals surface area contributed by atoms with E-state index in [-0.39, 0.29) is 0 Å². The van der Waals surface area contributed by atoms with Crippen LogP contribution in [0.1, 0.15) is 5.56 Å². The molecule has 0 atom stereocenters. The smallest absolute Gasteiger partial charge is 0.328 e. The van der Waals surface area contributed by atoms with E-state index in [0.29, 0.717) is 0 Å². The van der Waals surface area contributed by atoms with Crippen LogP contribution >= 0.6 is 0 Å². The van der Waals surface area contributed by atoms with Crippen LogP contribution in [-0.4, -0.2) is 20.9 Å². The van der Waals surface area contributed by atoms with Gasteiger partial charge < -0.3 is 5.11 Å². The van der Waals surface area contributed by atoms with Crippen molar-refractivity contribution in [1.82, 2.24) is 9.78 Å². The van der Waals surface area contributed by atoms with Gasteiger partial charge in [0.15, 0.2) is 0 Å². The van der Waals surface area contributed by atoms with E-state index in [1.165, 1.54) is 0 Å². The fourth-order valence-electron chi connectivity index (χ4n) is 3.06. The minimum Gasteiger partial charge on any atom is -0.478 e. The monoisotopic (exact) mass is 366 g/mol. The number of para-hydroxylation sites is 1. The molecule has 1 aromatic heterocycles. The molecule has 0 fully saturated rings. The number of benzene rings is 3. The summed E-state index contributed by atoms with van der Waals surface area (Å²) in [5, 5.41) is 13.7. The van der Waals surface area contributed by atoms with E-state index in [1.807, 2.05) is 66.9 Å². The second-order valence-corrected chi connectivity index (χ2v) is 6.33. The van der Waals surface area contributed by atoms with Crippen LogP contribution in [0, 0.1) is 0 Å². The van der Waals surface area contributed by atoms with Crippen LogP contribution in [0.4, 0.5) is 0 Å². The Bertz CT molecular complexity index is 1110. The van der Waals surface area contributed by atoms with Gasteiger partial charge in [0.05, 0.1) is 11.4 Å². The molecule has 0 bridgehead atoms. The summed E-state index contributed by atoms with van der Waals surface area (Å²) in [6, 6.07) is 28.0. The van der Waals surface area contributed by atoms with Gasteiger partial charge in [-0.1, -0.05) is 72.8 Å². The van der Waals surface area contributed by atoms with Crippen LogP contribution in [0.5, 0.6) is 0 Å². The molecule has 0 saturated heterocycles. The number of carboxylic acids is 1. The molecule has 28 heavy (non-hydrogen) atoms. The molecule has 0 unspecified atom stereocenters. The SMILES string of the molecule is O=C(O)/C=C/c1cn(-c2ccccc2)nc1-c1ccc(-c2ccccc2)cc1. The van der Waals surface area contributed by atoms with Crippen LogP contribution in [0.25, 0.3) is 34.1 Å². The van der Waals surface area contributed by atoms with Crippen molar-refractivity contribution in [3.63, 3.8) is 0 Å². The highest BCUT2D eigenvalue weighted by Gasteiger charge is 2.11. The highest BCUT2D eigenvalue weighted by molar-refractivity contribution is 5.87. The number of aliphatic carboxylic acids is 1. The van der Waals surface area contributed by atoms with Crippen molar-refractivity contribution in [1.29, 1.82) is 0 Å². The van der Waals surface area contributed by atoms with Gasteiger partial charge >= 0.3 is 5.97 Å². The van der Waals surface area contributed by atoms with Crippen molar-refractivity contribution in [3.05, 3.63) is 103 Å². The Hall–Kier alpha value is -3.92. The summed E-state index contributed by atoms with van der Waals surface area (Å²) in [5.41, 5.74) is 5.60. The van der Waals surface area contributed by atoms with Gasteiger partial charge in [-0.15, -0.1) is 0 Å². The number of carbonyl (C=O) groups is 1. The molecule has 4 aromatic rings. The van der Waals surface area contributed by atoms with Gasteiger partial charge in [-0.05, 0) is 29.3 Å². The van der Waals surface area contributed by atoms with Crippen LogP contribution < -0.4 is 0 Å². The first-order valence-electron chi connectivity index (χ1n) is 8.93. The Morgan fingerprint density at radius 2 is 1.36 bits per heavy atom. The van der Waals surface area contributed by atoms with Gasteiger partial charge in [-0.3, -0.25) is 0 Å². The molecule has 136 valence electrons. The Morgan fingerprint density at radius 3 is 2.00 bits per heavy atom. The summed E-state index contributed by atoms with van der Waals surface area (Å²) in [4.78, 5) is 11.0. The lowest BCUT2D eigenvalue weighted by Gasteiger charge is -2.04. The summed E-state index contributed by atoms with van der Waals surface area (Å²) in [6.07, 6.45) is 4.55. The molecule has 4 rings (SSSR count). The van der Waals surface area contributed by atoms with E-state index in [0.717, 1.165) is 39.7 Å². The molecule has 0 aliphatic heterocycles. The molecular formula is C24H18N2O2. The van der Waals surface area contributed by atoms with Gasteiger partial charge in [0.1, 0.15) is 0 Å². The zero-order valence-electron chi connectivity index (χ0n) is 15.1. The number of carboxylic acid groups (broad SMARTS) is 1. The molecule has 1 heterocycles. The zero-order valence-corrected chi connectivity index (χ0v) is 15.1. The van der Waals surface area contributed by atoms with Gasteiger partial charge in [0, 0.05) is 23.4 Å². The van der Waals surface area contributed by atoms with Crippen molar-refractivity contribution in [3.8, 4) is 28.1 Å². The topological polar surface area (TPSA) is 55.1 Å². The largest absolute Gasteiger partial charge is 0.478 e. The van der Waals surface area contributed by atoms with Crippen LogP contribution in [0.3, 0.4) is 0 Å². The van der Waals surface area contributed by atoms with Crippen LogP contribution in [0.15, 0.2) is 97.2 Å². The van der Waals surface area contributed by atoms with E-state index < -0.39 is 5.97 Å². The maximum Gasteiger partial charge on any atom is 0.328 e. The predicted octanol–water partition coefficient (Wildman–Crippen LogP) is 5.30. The maximum absolute atomic E-state index is 11.0. The van der Waals surface area contributed by atoms with Gasteiger partial charge in [0.25, 0.3) is 0 Å². The van der Waals surface area contributed by atoms with Gasteiger partial charge in [0.2, 0.25) is 0 Å². The first kappa shape index (κ1) is 17.5. The second kappa shape index (κ2) is 7.76. The lowest BCUT2D eigenvalue weighted by atomic mass is 10.0. The van der Waals surface area contributed by atoms with Crippen molar-refractivity contribution < 1.29 is 9.90 Å². The molecular weight excluding hydrogens is 348 g/mol. The van der Waals surface area contributed by atoms with E-state index in [2.05, 4.69) is 24.3 Å². The molecule has 4 nitrogen and oxygen atoms in total. The standard InChI is InChI=1S/C24H18N2O2/c27-23(28)16-15-21-17-26(22-9-5-2-6-10-22)25-24(21)20-13-11-19(12-14-20)18-7-3-1-4-8-18/h1-17H,(H,27,28)/b16-15+. The Morgan fingerprint density at radius 1 is 0.786 bits per heavy atom. The van der Waals surface area contributed by atoms with E-state index in [1.54, 1.807) is 10.8 Å². The summed E-state index contributed by atoms with van der Waals surface area (Å²) in [5.74, 6) is -0.988.